The van der Waals surface area contributed by atoms with E-state index in [4.69, 9.17) is 15.9 Å². The highest BCUT2D eigenvalue weighted by atomic mass is 16.4. The summed E-state index contributed by atoms with van der Waals surface area (Å²) in [7, 11) is 0. The van der Waals surface area contributed by atoms with Crippen LogP contribution in [0, 0.1) is 0 Å². The lowest BCUT2D eigenvalue weighted by atomic mass is 10.2. The molecule has 18 heavy (non-hydrogen) atoms. The summed E-state index contributed by atoms with van der Waals surface area (Å²) in [5, 5.41) is 17.3. The van der Waals surface area contributed by atoms with E-state index in [1.807, 2.05) is 0 Å². The van der Waals surface area contributed by atoms with Crippen LogP contribution < -0.4 is 10.6 Å². The number of nitrogen functional groups attached to an aromatic ring is 1. The molecule has 1 aromatic rings. The first-order chi connectivity index (χ1) is 8.49. The van der Waals surface area contributed by atoms with Crippen molar-refractivity contribution in [2.45, 2.75) is 12.8 Å². The number of rotatable bonds is 7. The van der Waals surface area contributed by atoms with Crippen LogP contribution in [-0.4, -0.2) is 35.2 Å². The maximum Gasteiger partial charge on any atom is 0.305 e. The molecule has 98 valence electrons. The van der Waals surface area contributed by atoms with Crippen molar-refractivity contribution in [2.24, 2.45) is 0 Å². The van der Waals surface area contributed by atoms with Gasteiger partial charge in [-0.25, -0.2) is 0 Å². The van der Waals surface area contributed by atoms with Gasteiger partial charge in [-0.3, -0.25) is 9.59 Å². The summed E-state index contributed by atoms with van der Waals surface area (Å²) in [5.41, 5.74) is 6.94. The highest BCUT2D eigenvalue weighted by molar-refractivity contribution is 5.69. The second-order valence-electron chi connectivity index (χ2n) is 3.87. The third-order valence-electron chi connectivity index (χ3n) is 2.43. The second kappa shape index (κ2) is 6.48. The Morgan fingerprint density at radius 3 is 2.11 bits per heavy atom. The largest absolute Gasteiger partial charge is 0.481 e. The molecular weight excluding hydrogens is 236 g/mol. The molecular formula is C12H16N2O4. The molecule has 0 bridgehead atoms. The predicted molar refractivity (Wildman–Crippen MR) is 67.6 cm³/mol. The number of hydrogen-bond acceptors (Lipinski definition) is 4. The molecule has 0 aliphatic rings. The molecule has 0 aromatic heterocycles. The van der Waals surface area contributed by atoms with Gasteiger partial charge in [0.05, 0.1) is 12.8 Å². The Morgan fingerprint density at radius 2 is 1.67 bits per heavy atom. The van der Waals surface area contributed by atoms with E-state index in [0.29, 0.717) is 5.69 Å². The van der Waals surface area contributed by atoms with Crippen LogP contribution in [0.3, 0.4) is 0 Å². The minimum Gasteiger partial charge on any atom is -0.481 e. The van der Waals surface area contributed by atoms with Gasteiger partial charge >= 0.3 is 11.9 Å². The molecule has 0 aliphatic heterocycles. The number of hydrogen-bond donors (Lipinski definition) is 3. The Morgan fingerprint density at radius 1 is 1.11 bits per heavy atom. The Balaban J connectivity index is 2.75. The van der Waals surface area contributed by atoms with Crippen molar-refractivity contribution >= 4 is 23.3 Å². The van der Waals surface area contributed by atoms with Crippen molar-refractivity contribution in [1.82, 2.24) is 0 Å². The third kappa shape index (κ3) is 4.73. The zero-order valence-electron chi connectivity index (χ0n) is 9.87. The van der Waals surface area contributed by atoms with E-state index in [9.17, 15) is 9.59 Å². The van der Waals surface area contributed by atoms with E-state index in [2.05, 4.69) is 0 Å². The number of nitrogens with zero attached hydrogens (tertiary/aromatic N) is 1. The summed E-state index contributed by atoms with van der Waals surface area (Å²) in [4.78, 5) is 22.9. The van der Waals surface area contributed by atoms with Crippen LogP contribution in [0.4, 0.5) is 11.4 Å². The minimum absolute atomic E-state index is 0.0472. The molecule has 0 fully saturated rings. The number of carbonyl (C=O) groups is 2. The van der Waals surface area contributed by atoms with Crippen LogP contribution in [0.1, 0.15) is 12.8 Å². The summed E-state index contributed by atoms with van der Waals surface area (Å²) in [6.07, 6.45) is -0.0944. The van der Waals surface area contributed by atoms with Gasteiger partial charge in [-0.05, 0) is 18.2 Å². The van der Waals surface area contributed by atoms with Crippen molar-refractivity contribution in [3.8, 4) is 0 Å². The smallest absolute Gasteiger partial charge is 0.305 e. The monoisotopic (exact) mass is 252 g/mol. The molecule has 0 amide bonds. The fourth-order valence-corrected chi connectivity index (χ4v) is 1.55. The summed E-state index contributed by atoms with van der Waals surface area (Å²) < 4.78 is 0. The summed E-state index contributed by atoms with van der Waals surface area (Å²) in [6.45, 7) is 0.512. The molecule has 6 nitrogen and oxygen atoms in total. The van der Waals surface area contributed by atoms with Crippen LogP contribution in [0.15, 0.2) is 24.3 Å². The molecule has 6 heteroatoms. The highest BCUT2D eigenvalue weighted by Gasteiger charge is 2.10. The maximum absolute atomic E-state index is 10.6. The minimum atomic E-state index is -0.917. The zero-order valence-corrected chi connectivity index (χ0v) is 9.87. The van der Waals surface area contributed by atoms with E-state index in [0.717, 1.165) is 5.69 Å². The van der Waals surface area contributed by atoms with Gasteiger partial charge < -0.3 is 20.8 Å². The van der Waals surface area contributed by atoms with Crippen LogP contribution in [0.2, 0.25) is 0 Å². The summed E-state index contributed by atoms with van der Waals surface area (Å²) in [5.74, 6) is -1.83. The first-order valence-corrected chi connectivity index (χ1v) is 5.53. The Kier molecular flexibility index (Phi) is 4.98. The van der Waals surface area contributed by atoms with Crippen molar-refractivity contribution in [3.05, 3.63) is 24.3 Å². The van der Waals surface area contributed by atoms with Crippen LogP contribution in [0.25, 0.3) is 0 Å². The fraction of sp³-hybridized carbons (Fsp3) is 0.333. The molecule has 0 unspecified atom stereocenters. The van der Waals surface area contributed by atoms with Crippen molar-refractivity contribution in [3.63, 3.8) is 0 Å². The van der Waals surface area contributed by atoms with Gasteiger partial charge in [0, 0.05) is 24.5 Å². The number of aliphatic carboxylic acids is 2. The van der Waals surface area contributed by atoms with Gasteiger partial charge in [-0.2, -0.15) is 0 Å². The van der Waals surface area contributed by atoms with Crippen LogP contribution >= 0.6 is 0 Å². The lowest BCUT2D eigenvalue weighted by Gasteiger charge is -2.23. The van der Waals surface area contributed by atoms with Crippen molar-refractivity contribution in [2.75, 3.05) is 23.7 Å². The molecule has 0 radical (unpaired) electrons. The van der Waals surface area contributed by atoms with Gasteiger partial charge in [-0.1, -0.05) is 6.07 Å². The Labute approximate surface area is 105 Å². The molecule has 0 saturated carbocycles. The Hall–Kier alpha value is -2.24. The molecule has 4 N–H and O–H groups in total. The van der Waals surface area contributed by atoms with E-state index in [1.165, 1.54) is 0 Å². The molecule has 0 aliphatic carbocycles. The topological polar surface area (TPSA) is 104 Å². The number of nitrogens with two attached hydrogens (primary N) is 1. The fourth-order valence-electron chi connectivity index (χ4n) is 1.55. The quantitative estimate of drug-likeness (QED) is 0.626. The van der Waals surface area contributed by atoms with Gasteiger partial charge in [-0.15, -0.1) is 0 Å². The predicted octanol–water partition coefficient (Wildman–Crippen LogP) is 1.02. The average molecular weight is 252 g/mol. The molecule has 1 rings (SSSR count). The number of anilines is 2. The summed E-state index contributed by atoms with van der Waals surface area (Å²) in [6, 6.07) is 6.94. The van der Waals surface area contributed by atoms with Crippen LogP contribution in [0.5, 0.6) is 0 Å². The average Bonchev–Trinajstić information content (AvgIpc) is 2.28. The van der Waals surface area contributed by atoms with E-state index < -0.39 is 11.9 Å². The van der Waals surface area contributed by atoms with Crippen LogP contribution in [-0.2, 0) is 9.59 Å². The Bertz CT molecular complexity index is 416. The van der Waals surface area contributed by atoms with Gasteiger partial charge in [0.15, 0.2) is 0 Å². The van der Waals surface area contributed by atoms with E-state index in [1.54, 1.807) is 29.2 Å². The SMILES string of the molecule is Nc1cccc(N(CCC(=O)O)CCC(=O)O)c1. The highest BCUT2D eigenvalue weighted by Crippen LogP contribution is 2.18. The first-order valence-electron chi connectivity index (χ1n) is 5.53. The van der Waals surface area contributed by atoms with E-state index >= 15 is 0 Å². The first kappa shape index (κ1) is 13.8. The normalized spacial score (nSPS) is 10.0. The van der Waals surface area contributed by atoms with Gasteiger partial charge in [0.1, 0.15) is 0 Å². The molecule has 0 spiro atoms. The summed E-state index contributed by atoms with van der Waals surface area (Å²) >= 11 is 0. The van der Waals surface area contributed by atoms with Gasteiger partial charge in [0.25, 0.3) is 0 Å². The number of carboxylic acids is 2. The van der Waals surface area contributed by atoms with Gasteiger partial charge in [0.2, 0.25) is 0 Å². The molecule has 0 heterocycles. The zero-order chi connectivity index (χ0) is 13.5. The standard InChI is InChI=1S/C12H16N2O4/c13-9-2-1-3-10(8-9)14(6-4-11(15)16)7-5-12(17)18/h1-3,8H,4-7,13H2,(H,15,16)(H,17,18). The van der Waals surface area contributed by atoms with Crippen molar-refractivity contribution in [1.29, 1.82) is 0 Å². The molecule has 1 aromatic carbocycles. The molecule has 0 saturated heterocycles. The number of carboxylic acid groups (broad SMARTS) is 2. The maximum atomic E-state index is 10.6. The van der Waals surface area contributed by atoms with E-state index in [-0.39, 0.29) is 25.9 Å². The molecule has 0 atom stereocenters. The third-order valence-corrected chi connectivity index (χ3v) is 2.43. The second-order valence-corrected chi connectivity index (χ2v) is 3.87. The lowest BCUT2D eigenvalue weighted by Crippen LogP contribution is -2.28. The van der Waals surface area contributed by atoms with Crippen molar-refractivity contribution < 1.29 is 19.8 Å². The number of benzene rings is 1. The lowest BCUT2D eigenvalue weighted by molar-refractivity contribution is -0.137.